The van der Waals surface area contributed by atoms with E-state index in [4.69, 9.17) is 11.1 Å². The van der Waals surface area contributed by atoms with Gasteiger partial charge >= 0.3 is 0 Å². The van der Waals surface area contributed by atoms with E-state index in [9.17, 15) is 0 Å². The van der Waals surface area contributed by atoms with Crippen LogP contribution in [0.25, 0.3) is 0 Å². The Morgan fingerprint density at radius 1 is 1.28 bits per heavy atom. The molecule has 0 aliphatic rings. The molecule has 18 heavy (non-hydrogen) atoms. The molecule has 0 radical (unpaired) electrons. The van der Waals surface area contributed by atoms with Gasteiger partial charge in [-0.3, -0.25) is 10.1 Å². The maximum Gasteiger partial charge on any atom is 0.197 e. The van der Waals surface area contributed by atoms with Crippen molar-refractivity contribution < 1.29 is 0 Å². The number of nitrogens with zero attached hydrogens (tertiary/aromatic N) is 5. The van der Waals surface area contributed by atoms with E-state index < -0.39 is 0 Å². The Balaban J connectivity index is 2.46. The van der Waals surface area contributed by atoms with Crippen LogP contribution < -0.4 is 5.73 Å². The predicted molar refractivity (Wildman–Crippen MR) is 68.8 cm³/mol. The molecule has 0 unspecified atom stereocenters. The second kappa shape index (κ2) is 4.45. The maximum atomic E-state index is 7.62. The highest BCUT2D eigenvalue weighted by atomic mass is 32.2. The minimum Gasteiger partial charge on any atom is -0.384 e. The summed E-state index contributed by atoms with van der Waals surface area (Å²) in [5, 5.41) is 21.5. The topological polar surface area (TPSA) is 98.4 Å². The molecule has 7 nitrogen and oxygen atoms in total. The van der Waals surface area contributed by atoms with Crippen LogP contribution in [0.2, 0.25) is 0 Å². The molecule has 2 rings (SSSR count). The lowest BCUT2D eigenvalue weighted by molar-refractivity contribution is 0.687. The minimum atomic E-state index is 0.0157. The molecule has 0 saturated carbocycles. The third kappa shape index (κ3) is 1.99. The Hall–Kier alpha value is -1.83. The fraction of sp³-hybridized carbons (Fsp3) is 0.400. The highest BCUT2D eigenvalue weighted by Gasteiger charge is 2.19. The number of amidine groups is 1. The first kappa shape index (κ1) is 12.6. The zero-order valence-electron chi connectivity index (χ0n) is 10.7. The normalized spacial score (nSPS) is 10.9. The number of hydrogen-bond acceptors (Lipinski definition) is 5. The Labute approximate surface area is 109 Å². The largest absolute Gasteiger partial charge is 0.384 e. The van der Waals surface area contributed by atoms with Gasteiger partial charge in [0, 0.05) is 14.1 Å². The summed E-state index contributed by atoms with van der Waals surface area (Å²) < 4.78 is 3.59. The number of aromatic nitrogens is 5. The SMILES string of the molecule is Cc1nn(C)c(Sc2nnc(C)n2C)c1C(=N)N. The second-order valence-electron chi connectivity index (χ2n) is 3.99. The molecule has 0 spiro atoms. The molecule has 0 aliphatic heterocycles. The molecule has 0 aliphatic carbocycles. The molecule has 8 heteroatoms. The Bertz CT molecular complexity index is 610. The highest BCUT2D eigenvalue weighted by molar-refractivity contribution is 7.99. The van der Waals surface area contributed by atoms with Crippen molar-refractivity contribution in [1.29, 1.82) is 5.41 Å². The number of nitrogen functional groups attached to an aromatic ring is 1. The van der Waals surface area contributed by atoms with Crippen molar-refractivity contribution in [3.63, 3.8) is 0 Å². The smallest absolute Gasteiger partial charge is 0.197 e. The number of nitrogens with one attached hydrogen (secondary N) is 1. The average molecular weight is 265 g/mol. The Morgan fingerprint density at radius 2 is 1.94 bits per heavy atom. The van der Waals surface area contributed by atoms with Crippen LogP contribution in [0.15, 0.2) is 10.2 Å². The maximum absolute atomic E-state index is 7.62. The van der Waals surface area contributed by atoms with Gasteiger partial charge in [0.1, 0.15) is 16.7 Å². The fourth-order valence-corrected chi connectivity index (χ4v) is 2.68. The first-order valence-corrected chi connectivity index (χ1v) is 6.15. The number of hydrogen-bond donors (Lipinski definition) is 2. The molecule has 96 valence electrons. The van der Waals surface area contributed by atoms with Gasteiger partial charge in [0.05, 0.1) is 11.3 Å². The van der Waals surface area contributed by atoms with Gasteiger partial charge in [0.25, 0.3) is 0 Å². The van der Waals surface area contributed by atoms with Gasteiger partial charge in [-0.2, -0.15) is 5.10 Å². The predicted octanol–water partition coefficient (Wildman–Crippen LogP) is 0.601. The van der Waals surface area contributed by atoms with Gasteiger partial charge in [-0.25, -0.2) is 0 Å². The van der Waals surface area contributed by atoms with E-state index in [-0.39, 0.29) is 5.84 Å². The molecule has 0 aromatic carbocycles. The van der Waals surface area contributed by atoms with Gasteiger partial charge in [-0.1, -0.05) is 0 Å². The van der Waals surface area contributed by atoms with Crippen molar-refractivity contribution in [1.82, 2.24) is 24.5 Å². The van der Waals surface area contributed by atoms with Crippen LogP contribution in [-0.4, -0.2) is 30.4 Å². The van der Waals surface area contributed by atoms with Crippen LogP contribution in [0, 0.1) is 19.3 Å². The quantitative estimate of drug-likeness (QED) is 0.625. The summed E-state index contributed by atoms with van der Waals surface area (Å²) in [5.74, 6) is 0.850. The van der Waals surface area contributed by atoms with E-state index in [1.807, 2.05) is 32.5 Å². The highest BCUT2D eigenvalue weighted by Crippen LogP contribution is 2.30. The Morgan fingerprint density at radius 3 is 2.44 bits per heavy atom. The first-order valence-electron chi connectivity index (χ1n) is 5.33. The van der Waals surface area contributed by atoms with Crippen molar-refractivity contribution in [3.8, 4) is 0 Å². The van der Waals surface area contributed by atoms with Crippen LogP contribution >= 0.6 is 11.8 Å². The van der Waals surface area contributed by atoms with Crippen molar-refractivity contribution in [2.45, 2.75) is 24.0 Å². The molecule has 2 aromatic rings. The van der Waals surface area contributed by atoms with Gasteiger partial charge < -0.3 is 10.3 Å². The molecule has 2 aromatic heterocycles. The molecule has 0 bridgehead atoms. The first-order chi connectivity index (χ1) is 8.41. The van der Waals surface area contributed by atoms with E-state index in [1.54, 1.807) is 4.68 Å². The van der Waals surface area contributed by atoms with Crippen molar-refractivity contribution in [2.24, 2.45) is 19.8 Å². The second-order valence-corrected chi connectivity index (χ2v) is 4.95. The summed E-state index contributed by atoms with van der Waals surface area (Å²) in [5.41, 5.74) is 7.00. The molecular weight excluding hydrogens is 250 g/mol. The zero-order chi connectivity index (χ0) is 13.4. The van der Waals surface area contributed by atoms with Gasteiger partial charge in [-0.05, 0) is 25.6 Å². The standard InChI is InChI=1S/C10H15N7S/c1-5-7(8(11)12)9(17(4)15-5)18-10-14-13-6(2)16(10)3/h1-4H3,(H3,11,12). The van der Waals surface area contributed by atoms with Crippen molar-refractivity contribution in [3.05, 3.63) is 17.1 Å². The third-order valence-electron chi connectivity index (χ3n) is 2.68. The Kier molecular flexibility index (Phi) is 3.12. The van der Waals surface area contributed by atoms with E-state index in [0.717, 1.165) is 21.7 Å². The number of nitrogens with two attached hydrogens (primary N) is 1. The summed E-state index contributed by atoms with van der Waals surface area (Å²) in [4.78, 5) is 0. The van der Waals surface area contributed by atoms with Crippen molar-refractivity contribution in [2.75, 3.05) is 0 Å². The van der Waals surface area contributed by atoms with E-state index in [1.165, 1.54) is 11.8 Å². The van der Waals surface area contributed by atoms with Crippen LogP contribution in [0.5, 0.6) is 0 Å². The average Bonchev–Trinajstić information content (AvgIpc) is 2.73. The molecule has 0 atom stereocenters. The molecule has 0 amide bonds. The van der Waals surface area contributed by atoms with Crippen LogP contribution in [0.1, 0.15) is 17.1 Å². The minimum absolute atomic E-state index is 0.0157. The lowest BCUT2D eigenvalue weighted by Crippen LogP contribution is -2.13. The van der Waals surface area contributed by atoms with Crippen LogP contribution in [0.3, 0.4) is 0 Å². The molecular formula is C10H15N7S. The van der Waals surface area contributed by atoms with Crippen LogP contribution in [0.4, 0.5) is 0 Å². The molecule has 0 saturated heterocycles. The van der Waals surface area contributed by atoms with E-state index >= 15 is 0 Å². The zero-order valence-corrected chi connectivity index (χ0v) is 11.5. The molecule has 3 N–H and O–H groups in total. The summed E-state index contributed by atoms with van der Waals surface area (Å²) in [6.45, 7) is 3.72. The van der Waals surface area contributed by atoms with Gasteiger partial charge in [0.15, 0.2) is 5.16 Å². The third-order valence-corrected chi connectivity index (χ3v) is 3.88. The van der Waals surface area contributed by atoms with Gasteiger partial charge in [-0.15, -0.1) is 10.2 Å². The fourth-order valence-electron chi connectivity index (χ4n) is 1.63. The van der Waals surface area contributed by atoms with Gasteiger partial charge in [0.2, 0.25) is 0 Å². The molecule has 2 heterocycles. The molecule has 0 fully saturated rings. The summed E-state index contributed by atoms with van der Waals surface area (Å²) in [6.07, 6.45) is 0. The number of aryl methyl sites for hydroxylation is 3. The van der Waals surface area contributed by atoms with E-state index in [2.05, 4.69) is 15.3 Å². The van der Waals surface area contributed by atoms with Crippen LogP contribution in [-0.2, 0) is 14.1 Å². The summed E-state index contributed by atoms with van der Waals surface area (Å²) >= 11 is 1.41. The monoisotopic (exact) mass is 265 g/mol. The number of rotatable bonds is 3. The summed E-state index contributed by atoms with van der Waals surface area (Å²) in [6, 6.07) is 0. The summed E-state index contributed by atoms with van der Waals surface area (Å²) in [7, 11) is 3.72. The lowest BCUT2D eigenvalue weighted by Gasteiger charge is -2.04. The van der Waals surface area contributed by atoms with E-state index in [0.29, 0.717) is 5.56 Å². The lowest BCUT2D eigenvalue weighted by atomic mass is 10.2. The van der Waals surface area contributed by atoms with Crippen molar-refractivity contribution >= 4 is 17.6 Å².